The van der Waals surface area contributed by atoms with Crippen molar-refractivity contribution >= 4 is 6.03 Å². The Bertz CT molecular complexity index is 1060. The molecular formula is C27H31F6N3O2. The molecule has 38 heavy (non-hydrogen) atoms. The summed E-state index contributed by atoms with van der Waals surface area (Å²) in [7, 11) is 0. The maximum Gasteiger partial charge on any atom is 0.416 e. The van der Waals surface area contributed by atoms with E-state index in [4.69, 9.17) is 4.74 Å². The normalized spacial score (nSPS) is 23.3. The zero-order chi connectivity index (χ0) is 27.6. The summed E-state index contributed by atoms with van der Waals surface area (Å²) in [5, 5.41) is 6.51. The quantitative estimate of drug-likeness (QED) is 0.424. The molecule has 2 amide bonds. The fourth-order valence-electron chi connectivity index (χ4n) is 5.03. The van der Waals surface area contributed by atoms with E-state index in [0.29, 0.717) is 31.5 Å². The molecule has 0 bridgehead atoms. The molecule has 2 aromatic carbocycles. The molecule has 2 fully saturated rings. The zero-order valence-electron chi connectivity index (χ0n) is 21.0. The Morgan fingerprint density at radius 3 is 2.18 bits per heavy atom. The number of carbonyl (C=O) groups is 1. The summed E-state index contributed by atoms with van der Waals surface area (Å²) < 4.78 is 86.0. The first-order valence-electron chi connectivity index (χ1n) is 12.6. The molecule has 208 valence electrons. The minimum Gasteiger partial charge on any atom is -0.372 e. The van der Waals surface area contributed by atoms with Crippen molar-refractivity contribution in [2.24, 2.45) is 0 Å². The summed E-state index contributed by atoms with van der Waals surface area (Å²) >= 11 is 0. The highest BCUT2D eigenvalue weighted by Crippen LogP contribution is 2.39. The van der Waals surface area contributed by atoms with E-state index in [2.05, 4.69) is 10.6 Å². The summed E-state index contributed by atoms with van der Waals surface area (Å²) in [5.41, 5.74) is -2.79. The lowest BCUT2D eigenvalue weighted by Gasteiger charge is -2.42. The van der Waals surface area contributed by atoms with Crippen molar-refractivity contribution in [3.63, 3.8) is 0 Å². The van der Waals surface area contributed by atoms with Gasteiger partial charge >= 0.3 is 18.4 Å². The van der Waals surface area contributed by atoms with Gasteiger partial charge in [-0.3, -0.25) is 0 Å². The van der Waals surface area contributed by atoms with Gasteiger partial charge in [0.25, 0.3) is 0 Å². The molecule has 2 aliphatic rings. The van der Waals surface area contributed by atoms with Crippen molar-refractivity contribution in [3.05, 3.63) is 70.8 Å². The molecule has 0 saturated carbocycles. The van der Waals surface area contributed by atoms with Gasteiger partial charge in [0.2, 0.25) is 0 Å². The first-order chi connectivity index (χ1) is 17.9. The van der Waals surface area contributed by atoms with Crippen molar-refractivity contribution in [3.8, 4) is 0 Å². The number of alkyl halides is 6. The molecule has 5 nitrogen and oxygen atoms in total. The van der Waals surface area contributed by atoms with Crippen LogP contribution in [0.25, 0.3) is 0 Å². The first-order valence-corrected chi connectivity index (χ1v) is 12.6. The van der Waals surface area contributed by atoms with Crippen LogP contribution in [0.5, 0.6) is 0 Å². The van der Waals surface area contributed by atoms with E-state index in [1.165, 1.54) is 6.92 Å². The fraction of sp³-hybridized carbons (Fsp3) is 0.519. The maximum atomic E-state index is 13.3. The highest BCUT2D eigenvalue weighted by atomic mass is 19.4. The molecule has 2 aliphatic heterocycles. The molecule has 4 rings (SSSR count). The Balaban J connectivity index is 1.49. The lowest BCUT2D eigenvalue weighted by atomic mass is 9.81. The van der Waals surface area contributed by atoms with Gasteiger partial charge in [-0.1, -0.05) is 30.3 Å². The summed E-state index contributed by atoms with van der Waals surface area (Å²) in [6.45, 7) is 3.36. The third kappa shape index (κ3) is 6.61. The number of nitrogens with zero attached hydrogens (tertiary/aromatic N) is 1. The zero-order valence-corrected chi connectivity index (χ0v) is 21.0. The highest BCUT2D eigenvalue weighted by Gasteiger charge is 2.40. The smallest absolute Gasteiger partial charge is 0.372 e. The third-order valence-corrected chi connectivity index (χ3v) is 7.31. The second kappa shape index (κ2) is 11.1. The van der Waals surface area contributed by atoms with Crippen LogP contribution in [0.1, 0.15) is 61.0 Å². The van der Waals surface area contributed by atoms with Crippen molar-refractivity contribution in [2.75, 3.05) is 26.2 Å². The van der Waals surface area contributed by atoms with Gasteiger partial charge in [-0.15, -0.1) is 0 Å². The van der Waals surface area contributed by atoms with Crippen LogP contribution in [0.3, 0.4) is 0 Å². The van der Waals surface area contributed by atoms with E-state index in [-0.39, 0.29) is 30.3 Å². The van der Waals surface area contributed by atoms with E-state index in [0.717, 1.165) is 31.5 Å². The average Bonchev–Trinajstić information content (AvgIpc) is 3.43. The maximum absolute atomic E-state index is 13.3. The molecule has 0 aromatic heterocycles. The minimum absolute atomic E-state index is 0.0164. The molecule has 2 aromatic rings. The summed E-state index contributed by atoms with van der Waals surface area (Å²) in [6, 6.07) is 10.7. The monoisotopic (exact) mass is 543 g/mol. The predicted octanol–water partition coefficient (Wildman–Crippen LogP) is 6.25. The van der Waals surface area contributed by atoms with E-state index in [1.807, 2.05) is 30.3 Å². The fourth-order valence-corrected chi connectivity index (χ4v) is 5.03. The topological polar surface area (TPSA) is 53.6 Å². The second-order valence-electron chi connectivity index (χ2n) is 10.0. The largest absolute Gasteiger partial charge is 0.416 e. The van der Waals surface area contributed by atoms with Crippen LogP contribution in [0.2, 0.25) is 0 Å². The Hall–Kier alpha value is -2.79. The van der Waals surface area contributed by atoms with E-state index < -0.39 is 35.1 Å². The number of hydrogen-bond acceptors (Lipinski definition) is 3. The number of likely N-dealkylation sites (tertiary alicyclic amines) is 1. The van der Waals surface area contributed by atoms with Crippen LogP contribution < -0.4 is 10.6 Å². The predicted molar refractivity (Wildman–Crippen MR) is 129 cm³/mol. The number of hydrogen-bond donors (Lipinski definition) is 2. The number of ether oxygens (including phenoxy) is 1. The molecule has 0 aliphatic carbocycles. The first kappa shape index (κ1) is 28.2. The number of amides is 2. The van der Waals surface area contributed by atoms with Crippen LogP contribution >= 0.6 is 0 Å². The highest BCUT2D eigenvalue weighted by molar-refractivity contribution is 5.74. The number of rotatable bonds is 6. The van der Waals surface area contributed by atoms with Crippen LogP contribution in [-0.4, -0.2) is 43.2 Å². The van der Waals surface area contributed by atoms with Gasteiger partial charge in [-0.05, 0) is 61.9 Å². The van der Waals surface area contributed by atoms with E-state index in [1.54, 1.807) is 4.90 Å². The van der Waals surface area contributed by atoms with Gasteiger partial charge in [-0.25, -0.2) is 4.79 Å². The lowest BCUT2D eigenvalue weighted by Crippen LogP contribution is -2.58. The second-order valence-corrected chi connectivity index (χ2v) is 10.0. The third-order valence-electron chi connectivity index (χ3n) is 7.31. The number of carbonyl (C=O) groups excluding carboxylic acids is 1. The standard InChI is InChI=1S/C27H31F6N3O2/c1-18(19-13-21(26(28,29)30)15-22(14-19)27(31,32)33)38-17-25(20-7-3-2-4-8-20)10-9-23(16-34-25)35-24(37)36-11-5-6-12-36/h2-4,7-8,13-15,18,23,34H,5-6,9-12,16-17H2,1H3,(H,35,37)/t18?,23-,25?/m0/s1. The number of piperidine rings is 1. The Morgan fingerprint density at radius 1 is 1.05 bits per heavy atom. The summed E-state index contributed by atoms with van der Waals surface area (Å²) in [5.74, 6) is 0. The Morgan fingerprint density at radius 2 is 1.66 bits per heavy atom. The summed E-state index contributed by atoms with van der Waals surface area (Å²) in [6.07, 6.45) is -7.75. The molecule has 2 saturated heterocycles. The number of halogens is 6. The van der Waals surface area contributed by atoms with Gasteiger partial charge in [-0.2, -0.15) is 26.3 Å². The van der Waals surface area contributed by atoms with Crippen LogP contribution in [0, 0.1) is 0 Å². The number of nitrogens with one attached hydrogen (secondary N) is 2. The molecule has 2 heterocycles. The Labute approximate surface area is 217 Å². The molecular weight excluding hydrogens is 512 g/mol. The van der Waals surface area contributed by atoms with E-state index in [9.17, 15) is 31.1 Å². The van der Waals surface area contributed by atoms with Crippen molar-refractivity contribution < 1.29 is 35.9 Å². The van der Waals surface area contributed by atoms with Gasteiger partial charge in [0.15, 0.2) is 0 Å². The van der Waals surface area contributed by atoms with Gasteiger partial charge in [0.1, 0.15) is 0 Å². The average molecular weight is 544 g/mol. The van der Waals surface area contributed by atoms with Crippen molar-refractivity contribution in [1.82, 2.24) is 15.5 Å². The van der Waals surface area contributed by atoms with Gasteiger partial charge in [0, 0.05) is 25.7 Å². The minimum atomic E-state index is -4.93. The lowest BCUT2D eigenvalue weighted by molar-refractivity contribution is -0.143. The number of urea groups is 1. The van der Waals surface area contributed by atoms with Crippen LogP contribution in [-0.2, 0) is 22.6 Å². The summed E-state index contributed by atoms with van der Waals surface area (Å²) in [4.78, 5) is 14.3. The van der Waals surface area contributed by atoms with Gasteiger partial charge < -0.3 is 20.3 Å². The van der Waals surface area contributed by atoms with Crippen LogP contribution in [0.15, 0.2) is 48.5 Å². The van der Waals surface area contributed by atoms with Crippen LogP contribution in [0.4, 0.5) is 31.1 Å². The SMILES string of the molecule is CC(OCC1(c2ccccc2)CC[C@H](NC(=O)N2CCCC2)CN1)c1cc(C(F)(F)F)cc(C(F)(F)F)c1. The molecule has 2 N–H and O–H groups in total. The van der Waals surface area contributed by atoms with Crippen molar-refractivity contribution in [2.45, 2.75) is 62.6 Å². The number of benzene rings is 2. The molecule has 2 unspecified atom stereocenters. The van der Waals surface area contributed by atoms with Gasteiger partial charge in [0.05, 0.1) is 29.4 Å². The molecule has 0 radical (unpaired) electrons. The molecule has 0 spiro atoms. The Kier molecular flexibility index (Phi) is 8.27. The molecule has 3 atom stereocenters. The molecule has 11 heteroatoms. The van der Waals surface area contributed by atoms with Crippen molar-refractivity contribution in [1.29, 1.82) is 0 Å². The van der Waals surface area contributed by atoms with E-state index >= 15 is 0 Å².